The van der Waals surface area contributed by atoms with Crippen LogP contribution in [0.5, 0.6) is 0 Å². The maximum Gasteiger partial charge on any atom is 0.337 e. The maximum absolute atomic E-state index is 14.3. The van der Waals surface area contributed by atoms with Gasteiger partial charge in [0.2, 0.25) is 0 Å². The largest absolute Gasteiger partial charge is 0.466 e. The average Bonchev–Trinajstić information content (AvgIpc) is 2.56. The average molecular weight is 383 g/mol. The summed E-state index contributed by atoms with van der Waals surface area (Å²) in [5.74, 6) is -2.15. The van der Waals surface area contributed by atoms with Crippen LogP contribution >= 0.6 is 12.2 Å². The second-order valence-corrected chi connectivity index (χ2v) is 6.70. The van der Waals surface area contributed by atoms with Crippen molar-refractivity contribution in [3.8, 4) is 0 Å². The monoisotopic (exact) mass is 383 g/mol. The van der Waals surface area contributed by atoms with E-state index < -0.39 is 23.6 Å². The molecule has 0 radical (unpaired) electrons. The Labute approximate surface area is 157 Å². The summed E-state index contributed by atoms with van der Waals surface area (Å²) in [4.78, 5) is 16.2. The number of halogens is 2. The Kier molecular flexibility index (Phi) is 6.66. The third kappa shape index (κ3) is 4.19. The molecule has 0 amide bonds. The molecule has 2 rings (SSSR count). The van der Waals surface area contributed by atoms with Gasteiger partial charge in [-0.1, -0.05) is 6.07 Å². The number of allylic oxidation sites excluding steroid dienone is 1. The van der Waals surface area contributed by atoms with Crippen molar-refractivity contribution in [3.63, 3.8) is 0 Å². The molecule has 0 saturated carbocycles. The molecule has 1 aliphatic rings. The van der Waals surface area contributed by atoms with Crippen molar-refractivity contribution in [3.05, 3.63) is 46.7 Å². The first-order valence-electron chi connectivity index (χ1n) is 8.23. The van der Waals surface area contributed by atoms with Crippen LogP contribution in [0.3, 0.4) is 0 Å². The molecule has 1 heterocycles. The zero-order valence-electron chi connectivity index (χ0n) is 15.3. The van der Waals surface area contributed by atoms with Crippen molar-refractivity contribution < 1.29 is 18.3 Å². The zero-order valence-corrected chi connectivity index (χ0v) is 16.1. The highest BCUT2D eigenvalue weighted by atomic mass is 32.1. The Morgan fingerprint density at radius 2 is 1.96 bits per heavy atom. The Morgan fingerprint density at radius 3 is 2.50 bits per heavy atom. The van der Waals surface area contributed by atoms with Crippen molar-refractivity contribution in [1.82, 2.24) is 15.1 Å². The molecule has 26 heavy (non-hydrogen) atoms. The highest BCUT2D eigenvalue weighted by Gasteiger charge is 2.37. The third-order valence-electron chi connectivity index (χ3n) is 4.28. The number of nitrogens with zero attached hydrogens (tertiary/aromatic N) is 2. The van der Waals surface area contributed by atoms with Gasteiger partial charge in [0.25, 0.3) is 0 Å². The molecule has 1 aromatic carbocycles. The number of hydrogen-bond donors (Lipinski definition) is 1. The molecule has 0 bridgehead atoms. The molecule has 0 spiro atoms. The predicted molar refractivity (Wildman–Crippen MR) is 99.4 cm³/mol. The lowest BCUT2D eigenvalue weighted by molar-refractivity contribution is -0.136. The molecule has 8 heteroatoms. The van der Waals surface area contributed by atoms with Crippen molar-refractivity contribution in [2.75, 3.05) is 34.3 Å². The van der Waals surface area contributed by atoms with Crippen LogP contribution in [0.4, 0.5) is 8.78 Å². The van der Waals surface area contributed by atoms with Crippen LogP contribution in [-0.4, -0.2) is 55.2 Å². The van der Waals surface area contributed by atoms with E-state index in [1.807, 2.05) is 19.0 Å². The third-order valence-corrected chi connectivity index (χ3v) is 4.62. The van der Waals surface area contributed by atoms with Crippen LogP contribution < -0.4 is 5.32 Å². The van der Waals surface area contributed by atoms with Gasteiger partial charge >= 0.3 is 5.97 Å². The Morgan fingerprint density at radius 1 is 1.35 bits per heavy atom. The van der Waals surface area contributed by atoms with E-state index in [-0.39, 0.29) is 11.1 Å². The van der Waals surface area contributed by atoms with Crippen LogP contribution in [-0.2, 0) is 9.53 Å². The molecular weight excluding hydrogens is 360 g/mol. The van der Waals surface area contributed by atoms with E-state index in [1.165, 1.54) is 13.2 Å². The van der Waals surface area contributed by atoms with Gasteiger partial charge in [-0.3, -0.25) is 0 Å². The highest BCUT2D eigenvalue weighted by Crippen LogP contribution is 2.34. The van der Waals surface area contributed by atoms with Gasteiger partial charge in [0.05, 0.1) is 24.3 Å². The number of hydrogen-bond acceptors (Lipinski definition) is 4. The molecule has 1 N–H and O–H groups in total. The molecule has 0 aliphatic carbocycles. The number of nitrogens with one attached hydrogen (secondary N) is 1. The van der Waals surface area contributed by atoms with Crippen molar-refractivity contribution in [2.24, 2.45) is 0 Å². The summed E-state index contributed by atoms with van der Waals surface area (Å²) in [6, 6.07) is 2.53. The zero-order chi connectivity index (χ0) is 19.4. The fourth-order valence-corrected chi connectivity index (χ4v) is 3.32. The minimum Gasteiger partial charge on any atom is -0.466 e. The molecule has 5 nitrogen and oxygen atoms in total. The summed E-state index contributed by atoms with van der Waals surface area (Å²) < 4.78 is 33.5. The minimum absolute atomic E-state index is 0.148. The van der Waals surface area contributed by atoms with E-state index in [9.17, 15) is 13.6 Å². The molecule has 0 saturated heterocycles. The predicted octanol–water partition coefficient (Wildman–Crippen LogP) is 2.59. The van der Waals surface area contributed by atoms with Crippen LogP contribution in [0.2, 0.25) is 0 Å². The molecular formula is C18H23F2N3O2S. The lowest BCUT2D eigenvalue weighted by Crippen LogP contribution is -2.48. The summed E-state index contributed by atoms with van der Waals surface area (Å²) in [6.45, 7) is 3.12. The summed E-state index contributed by atoms with van der Waals surface area (Å²) in [7, 11) is 5.17. The van der Waals surface area contributed by atoms with Gasteiger partial charge in [-0.05, 0) is 58.3 Å². The van der Waals surface area contributed by atoms with Gasteiger partial charge in [-0.15, -0.1) is 0 Å². The van der Waals surface area contributed by atoms with E-state index in [0.717, 1.165) is 25.1 Å². The topological polar surface area (TPSA) is 44.8 Å². The molecule has 1 atom stereocenters. The van der Waals surface area contributed by atoms with E-state index >= 15 is 0 Å². The summed E-state index contributed by atoms with van der Waals surface area (Å²) in [5, 5.41) is 3.22. The Hall–Kier alpha value is -2.06. The number of esters is 1. The fourth-order valence-electron chi connectivity index (χ4n) is 2.97. The number of methoxy groups -OCH3 is 1. The van der Waals surface area contributed by atoms with Crippen LogP contribution in [0.15, 0.2) is 29.5 Å². The molecule has 0 fully saturated rings. The quantitative estimate of drug-likeness (QED) is 0.602. The Balaban J connectivity index is 2.46. The number of carbonyl (C=O) groups is 1. The fraction of sp³-hybridized carbons (Fsp3) is 0.444. The first-order valence-corrected chi connectivity index (χ1v) is 8.64. The van der Waals surface area contributed by atoms with E-state index in [1.54, 1.807) is 11.8 Å². The number of rotatable bonds is 6. The van der Waals surface area contributed by atoms with Gasteiger partial charge in [-0.25, -0.2) is 13.6 Å². The second-order valence-electron chi connectivity index (χ2n) is 6.32. The first kappa shape index (κ1) is 20.3. The van der Waals surface area contributed by atoms with E-state index in [4.69, 9.17) is 17.0 Å². The summed E-state index contributed by atoms with van der Waals surface area (Å²) >= 11 is 5.39. The second kappa shape index (κ2) is 8.55. The van der Waals surface area contributed by atoms with Crippen molar-refractivity contribution in [2.45, 2.75) is 19.4 Å². The van der Waals surface area contributed by atoms with Gasteiger partial charge in [0.1, 0.15) is 11.6 Å². The highest BCUT2D eigenvalue weighted by molar-refractivity contribution is 7.80. The summed E-state index contributed by atoms with van der Waals surface area (Å²) in [5.41, 5.74) is 0.435. The Bertz CT molecular complexity index is 717. The first-order chi connectivity index (χ1) is 12.3. The molecule has 1 aliphatic heterocycles. The van der Waals surface area contributed by atoms with E-state index in [0.29, 0.717) is 17.4 Å². The maximum atomic E-state index is 14.3. The lowest BCUT2D eigenvalue weighted by Gasteiger charge is -2.37. The molecule has 142 valence electrons. The van der Waals surface area contributed by atoms with Crippen molar-refractivity contribution in [1.29, 1.82) is 0 Å². The lowest BCUT2D eigenvalue weighted by atomic mass is 9.94. The number of carbonyl (C=O) groups excluding carboxylic acids is 1. The molecule has 1 aromatic rings. The number of ether oxygens (including phenoxy) is 1. The molecule has 0 aromatic heterocycles. The smallest absolute Gasteiger partial charge is 0.337 e. The molecule has 0 unspecified atom stereocenters. The van der Waals surface area contributed by atoms with Gasteiger partial charge in [-0.2, -0.15) is 0 Å². The summed E-state index contributed by atoms with van der Waals surface area (Å²) in [6.07, 6.45) is 0.805. The normalized spacial score (nSPS) is 17.6. The minimum atomic E-state index is -1.04. The van der Waals surface area contributed by atoms with Crippen LogP contribution in [0.1, 0.15) is 24.9 Å². The number of thiocarbonyl (C=S) groups is 1. The standard InChI is InChI=1S/C18H23F2N3O2S/c1-11-14(17(24)25-4)16(15-12(19)7-5-8-13(15)20)21-18(26)23(11)10-6-9-22(2)3/h5,7-8,16H,6,9-10H2,1-4H3,(H,21,26)/t16-/m1/s1. The van der Waals surface area contributed by atoms with Gasteiger partial charge in [0, 0.05) is 12.2 Å². The SMILES string of the molecule is COC(=O)C1=C(C)N(CCCN(C)C)C(=S)N[C@H]1c1c(F)cccc1F. The van der Waals surface area contributed by atoms with Crippen LogP contribution in [0.25, 0.3) is 0 Å². The van der Waals surface area contributed by atoms with Gasteiger partial charge in [0.15, 0.2) is 5.11 Å². The van der Waals surface area contributed by atoms with E-state index in [2.05, 4.69) is 5.32 Å². The van der Waals surface area contributed by atoms with Crippen LogP contribution in [0, 0.1) is 11.6 Å². The van der Waals surface area contributed by atoms with Gasteiger partial charge < -0.3 is 19.9 Å². The van der Waals surface area contributed by atoms with Crippen molar-refractivity contribution >= 4 is 23.3 Å². The number of benzene rings is 1.